The van der Waals surface area contributed by atoms with Crippen molar-refractivity contribution >= 4 is 25.7 Å². The zero-order valence-electron chi connectivity index (χ0n) is 12.8. The van der Waals surface area contributed by atoms with Crippen molar-refractivity contribution in [2.75, 3.05) is 11.3 Å². The standard InChI is InChI=1S/C14H12F4N2O4S2/c15-10-2-1-3-13(8-10)26(23,24)20-11-4-6-12(7-5-11)25(21,22)19-9-14(16,17)18/h1-8,19-20H,9H2. The molecule has 0 bridgehead atoms. The predicted molar refractivity (Wildman–Crippen MR) is 84.9 cm³/mol. The maximum Gasteiger partial charge on any atom is 0.402 e. The van der Waals surface area contributed by atoms with Crippen molar-refractivity contribution in [3.8, 4) is 0 Å². The molecule has 0 amide bonds. The number of alkyl halides is 3. The molecular weight excluding hydrogens is 400 g/mol. The van der Waals surface area contributed by atoms with E-state index >= 15 is 0 Å². The first kappa shape index (κ1) is 20.1. The molecule has 0 aliphatic carbocycles. The fourth-order valence-corrected chi connectivity index (χ4v) is 3.91. The van der Waals surface area contributed by atoms with Crippen molar-refractivity contribution in [3.05, 3.63) is 54.3 Å². The summed E-state index contributed by atoms with van der Waals surface area (Å²) < 4.78 is 101. The Kier molecular flexibility index (Phi) is 5.58. The molecule has 26 heavy (non-hydrogen) atoms. The predicted octanol–water partition coefficient (Wildman–Crippen LogP) is 2.47. The minimum absolute atomic E-state index is 0.0518. The molecule has 0 aliphatic heterocycles. The lowest BCUT2D eigenvalue weighted by molar-refractivity contribution is -0.121. The van der Waals surface area contributed by atoms with Gasteiger partial charge in [0.05, 0.1) is 9.79 Å². The van der Waals surface area contributed by atoms with Crippen molar-refractivity contribution in [2.45, 2.75) is 16.0 Å². The summed E-state index contributed by atoms with van der Waals surface area (Å²) in [6.45, 7) is -1.73. The first-order valence-corrected chi connectivity index (χ1v) is 9.81. The van der Waals surface area contributed by atoms with E-state index in [9.17, 15) is 34.4 Å². The van der Waals surface area contributed by atoms with Crippen LogP contribution >= 0.6 is 0 Å². The van der Waals surface area contributed by atoms with E-state index in [0.29, 0.717) is 0 Å². The molecule has 0 atom stereocenters. The molecule has 2 rings (SSSR count). The number of benzene rings is 2. The lowest BCUT2D eigenvalue weighted by Gasteiger charge is -2.11. The van der Waals surface area contributed by atoms with Crippen molar-refractivity contribution in [2.24, 2.45) is 0 Å². The summed E-state index contributed by atoms with van der Waals surface area (Å²) in [5.41, 5.74) is -0.0518. The highest BCUT2D eigenvalue weighted by atomic mass is 32.2. The van der Waals surface area contributed by atoms with Gasteiger partial charge in [-0.1, -0.05) is 6.07 Å². The summed E-state index contributed by atoms with van der Waals surface area (Å²) >= 11 is 0. The summed E-state index contributed by atoms with van der Waals surface area (Å²) in [7, 11) is -8.53. The van der Waals surface area contributed by atoms with Crippen LogP contribution in [0.5, 0.6) is 0 Å². The van der Waals surface area contributed by atoms with E-state index in [1.54, 1.807) is 0 Å². The van der Waals surface area contributed by atoms with Gasteiger partial charge in [-0.3, -0.25) is 4.72 Å². The third-order valence-corrected chi connectivity index (χ3v) is 5.78. The van der Waals surface area contributed by atoms with Crippen LogP contribution in [0.3, 0.4) is 0 Å². The average molecular weight is 412 g/mol. The fourth-order valence-electron chi connectivity index (χ4n) is 1.81. The molecule has 0 radical (unpaired) electrons. The summed E-state index contributed by atoms with van der Waals surface area (Å²) in [5, 5.41) is 0. The van der Waals surface area contributed by atoms with Crippen LogP contribution in [-0.2, 0) is 20.0 Å². The molecule has 2 aromatic carbocycles. The van der Waals surface area contributed by atoms with E-state index in [1.165, 1.54) is 10.8 Å². The smallest absolute Gasteiger partial charge is 0.280 e. The molecule has 0 saturated heterocycles. The van der Waals surface area contributed by atoms with E-state index in [1.807, 2.05) is 0 Å². The normalized spacial score (nSPS) is 12.8. The van der Waals surface area contributed by atoms with E-state index in [-0.39, 0.29) is 10.6 Å². The second-order valence-corrected chi connectivity index (χ2v) is 8.48. The molecule has 0 unspecified atom stereocenters. The highest BCUT2D eigenvalue weighted by Gasteiger charge is 2.30. The summed E-state index contributed by atoms with van der Waals surface area (Å²) in [5.74, 6) is -0.759. The first-order valence-electron chi connectivity index (χ1n) is 6.84. The van der Waals surface area contributed by atoms with Gasteiger partial charge in [-0.2, -0.15) is 13.2 Å². The van der Waals surface area contributed by atoms with Gasteiger partial charge in [0.1, 0.15) is 12.4 Å². The highest BCUT2D eigenvalue weighted by Crippen LogP contribution is 2.20. The van der Waals surface area contributed by atoms with Crippen molar-refractivity contribution in [1.29, 1.82) is 0 Å². The zero-order chi connectivity index (χ0) is 19.6. The molecule has 0 aliphatic rings. The Labute approximate surface area is 147 Å². The number of anilines is 1. The van der Waals surface area contributed by atoms with Crippen molar-refractivity contribution in [1.82, 2.24) is 4.72 Å². The molecule has 6 nitrogen and oxygen atoms in total. The van der Waals surface area contributed by atoms with Gasteiger partial charge in [-0.05, 0) is 42.5 Å². The van der Waals surface area contributed by atoms with Gasteiger partial charge in [0.25, 0.3) is 10.0 Å². The molecule has 142 valence electrons. The third kappa shape index (κ3) is 5.41. The quantitative estimate of drug-likeness (QED) is 0.713. The second kappa shape index (κ2) is 7.21. The monoisotopic (exact) mass is 412 g/mol. The number of rotatable bonds is 6. The average Bonchev–Trinajstić information content (AvgIpc) is 2.53. The van der Waals surface area contributed by atoms with Gasteiger partial charge in [-0.15, -0.1) is 0 Å². The molecule has 2 N–H and O–H groups in total. The molecule has 2 aromatic rings. The van der Waals surface area contributed by atoms with Crippen LogP contribution in [0, 0.1) is 5.82 Å². The van der Waals surface area contributed by atoms with Gasteiger partial charge in [-0.25, -0.2) is 25.9 Å². The van der Waals surface area contributed by atoms with Gasteiger partial charge in [0, 0.05) is 5.69 Å². The lowest BCUT2D eigenvalue weighted by atomic mass is 10.3. The molecule has 0 aromatic heterocycles. The highest BCUT2D eigenvalue weighted by molar-refractivity contribution is 7.92. The van der Waals surface area contributed by atoms with E-state index < -0.39 is 43.5 Å². The van der Waals surface area contributed by atoms with E-state index in [2.05, 4.69) is 4.72 Å². The second-order valence-electron chi connectivity index (χ2n) is 5.03. The molecule has 0 spiro atoms. The van der Waals surface area contributed by atoms with Gasteiger partial charge < -0.3 is 0 Å². The van der Waals surface area contributed by atoms with Crippen LogP contribution in [0.4, 0.5) is 23.2 Å². The topological polar surface area (TPSA) is 92.3 Å². The number of hydrogen-bond acceptors (Lipinski definition) is 4. The van der Waals surface area contributed by atoms with Crippen LogP contribution in [0.1, 0.15) is 0 Å². The van der Waals surface area contributed by atoms with E-state index in [0.717, 1.165) is 42.5 Å². The molecule has 0 heterocycles. The van der Waals surface area contributed by atoms with Crippen molar-refractivity contribution in [3.63, 3.8) is 0 Å². The fraction of sp³-hybridized carbons (Fsp3) is 0.143. The third-order valence-electron chi connectivity index (χ3n) is 2.99. The molecule has 0 fully saturated rings. The van der Waals surface area contributed by atoms with Crippen molar-refractivity contribution < 1.29 is 34.4 Å². The Morgan fingerprint density at radius 2 is 1.46 bits per heavy atom. The Hall–Kier alpha value is -2.18. The summed E-state index contributed by atoms with van der Waals surface area (Å²) in [6.07, 6.45) is -4.71. The van der Waals surface area contributed by atoms with Gasteiger partial charge >= 0.3 is 6.18 Å². The maximum atomic E-state index is 13.1. The Morgan fingerprint density at radius 1 is 0.846 bits per heavy atom. The zero-order valence-corrected chi connectivity index (χ0v) is 14.4. The number of hydrogen-bond donors (Lipinski definition) is 2. The SMILES string of the molecule is O=S(=O)(NCC(F)(F)F)c1ccc(NS(=O)(=O)c2cccc(F)c2)cc1. The summed E-state index contributed by atoms with van der Waals surface area (Å²) in [4.78, 5) is -0.823. The minimum atomic E-state index is -4.71. The molecule has 12 heteroatoms. The van der Waals surface area contributed by atoms with Crippen LogP contribution in [0.2, 0.25) is 0 Å². The number of sulfonamides is 2. The Balaban J connectivity index is 2.17. The molecule has 0 saturated carbocycles. The maximum absolute atomic E-state index is 13.1. The number of nitrogens with one attached hydrogen (secondary N) is 2. The van der Waals surface area contributed by atoms with Crippen LogP contribution < -0.4 is 9.44 Å². The van der Waals surface area contributed by atoms with Crippen LogP contribution in [0.15, 0.2) is 58.3 Å². The molecular formula is C14H12F4N2O4S2. The Bertz CT molecular complexity index is 988. The van der Waals surface area contributed by atoms with Gasteiger partial charge in [0.2, 0.25) is 10.0 Å². The van der Waals surface area contributed by atoms with E-state index in [4.69, 9.17) is 0 Å². The Morgan fingerprint density at radius 3 is 2.00 bits per heavy atom. The minimum Gasteiger partial charge on any atom is -0.280 e. The lowest BCUT2D eigenvalue weighted by Crippen LogP contribution is -2.33. The first-order chi connectivity index (χ1) is 11.9. The van der Waals surface area contributed by atoms with Gasteiger partial charge in [0.15, 0.2) is 0 Å². The number of halogens is 4. The van der Waals surface area contributed by atoms with Crippen LogP contribution in [0.25, 0.3) is 0 Å². The van der Waals surface area contributed by atoms with Crippen LogP contribution in [-0.4, -0.2) is 29.6 Å². The summed E-state index contributed by atoms with van der Waals surface area (Å²) in [6, 6.07) is 8.19. The largest absolute Gasteiger partial charge is 0.402 e.